The van der Waals surface area contributed by atoms with Gasteiger partial charge in [-0.1, -0.05) is 30.3 Å². The molecule has 4 N–H and O–H groups in total. The molecule has 0 aliphatic heterocycles. The Kier molecular flexibility index (Phi) is 4.22. The number of methoxy groups -OCH3 is 1. The van der Waals surface area contributed by atoms with E-state index in [0.717, 1.165) is 0 Å². The molecule has 0 saturated heterocycles. The molecule has 0 bridgehead atoms. The van der Waals surface area contributed by atoms with E-state index in [1.807, 2.05) is 18.2 Å². The first-order chi connectivity index (χ1) is 9.61. The minimum absolute atomic E-state index is 0.0422. The molecule has 2 aromatic rings. The fourth-order valence-corrected chi connectivity index (χ4v) is 1.76. The van der Waals surface area contributed by atoms with Gasteiger partial charge in [-0.25, -0.2) is 0 Å². The van der Waals surface area contributed by atoms with Gasteiger partial charge < -0.3 is 20.9 Å². The van der Waals surface area contributed by atoms with Crippen molar-refractivity contribution in [1.82, 2.24) is 0 Å². The van der Waals surface area contributed by atoms with Gasteiger partial charge in [-0.05, 0) is 17.7 Å². The molecule has 0 aliphatic rings. The zero-order valence-corrected chi connectivity index (χ0v) is 11.0. The first-order valence-corrected chi connectivity index (χ1v) is 6.10. The van der Waals surface area contributed by atoms with Gasteiger partial charge in [0.25, 0.3) is 0 Å². The van der Waals surface area contributed by atoms with E-state index in [0.29, 0.717) is 11.3 Å². The summed E-state index contributed by atoms with van der Waals surface area (Å²) in [4.78, 5) is 12.1. The molecule has 0 fully saturated rings. The average molecular weight is 272 g/mol. The Bertz CT molecular complexity index is 599. The lowest BCUT2D eigenvalue weighted by molar-refractivity contribution is -0.117. The molecule has 104 valence electrons. The molecule has 0 spiro atoms. The summed E-state index contributed by atoms with van der Waals surface area (Å²) >= 11 is 0. The van der Waals surface area contributed by atoms with Gasteiger partial charge in [-0.15, -0.1) is 0 Å². The van der Waals surface area contributed by atoms with Gasteiger partial charge >= 0.3 is 0 Å². The Morgan fingerprint density at radius 3 is 2.60 bits per heavy atom. The lowest BCUT2D eigenvalue weighted by Gasteiger charge is -2.14. The fraction of sp³-hybridized carbons (Fsp3) is 0.133. The monoisotopic (exact) mass is 272 g/mol. The highest BCUT2D eigenvalue weighted by molar-refractivity contribution is 5.96. The first-order valence-electron chi connectivity index (χ1n) is 6.10. The van der Waals surface area contributed by atoms with Gasteiger partial charge in [0.05, 0.1) is 12.8 Å². The Hall–Kier alpha value is -2.53. The van der Waals surface area contributed by atoms with Crippen LogP contribution in [0.25, 0.3) is 0 Å². The molecule has 2 rings (SSSR count). The molecule has 1 amide bonds. The standard InChI is InChI=1S/C15H16N2O3/c1-20-11-7-8-13(18)12(9-11)17-15(19)14(16)10-5-3-2-4-6-10/h2-9,14,18H,16H2,1H3,(H,17,19)/t14-/m0/s1. The number of nitrogens with one attached hydrogen (secondary N) is 1. The Morgan fingerprint density at radius 1 is 1.25 bits per heavy atom. The lowest BCUT2D eigenvalue weighted by atomic mass is 10.1. The van der Waals surface area contributed by atoms with E-state index in [2.05, 4.69) is 5.32 Å². The van der Waals surface area contributed by atoms with Crippen LogP contribution in [0.5, 0.6) is 11.5 Å². The van der Waals surface area contributed by atoms with Gasteiger partial charge in [-0.2, -0.15) is 0 Å². The van der Waals surface area contributed by atoms with Gasteiger partial charge in [-0.3, -0.25) is 4.79 Å². The van der Waals surface area contributed by atoms with Gasteiger partial charge in [0.1, 0.15) is 17.5 Å². The number of phenols is 1. The maximum Gasteiger partial charge on any atom is 0.245 e. The Labute approximate surface area is 117 Å². The van der Waals surface area contributed by atoms with E-state index in [1.54, 1.807) is 18.2 Å². The van der Waals surface area contributed by atoms with Crippen molar-refractivity contribution >= 4 is 11.6 Å². The number of anilines is 1. The molecule has 0 aliphatic carbocycles. The predicted molar refractivity (Wildman–Crippen MR) is 76.7 cm³/mol. The van der Waals surface area contributed by atoms with E-state index >= 15 is 0 Å². The molecule has 0 unspecified atom stereocenters. The molecule has 20 heavy (non-hydrogen) atoms. The summed E-state index contributed by atoms with van der Waals surface area (Å²) in [5, 5.41) is 12.3. The van der Waals surface area contributed by atoms with Crippen LogP contribution in [0.15, 0.2) is 48.5 Å². The largest absolute Gasteiger partial charge is 0.506 e. The second-order valence-corrected chi connectivity index (χ2v) is 4.26. The summed E-state index contributed by atoms with van der Waals surface area (Å²) in [7, 11) is 1.51. The number of amides is 1. The third kappa shape index (κ3) is 3.07. The van der Waals surface area contributed by atoms with Gasteiger partial charge in [0.2, 0.25) is 5.91 Å². The van der Waals surface area contributed by atoms with Crippen LogP contribution in [0.3, 0.4) is 0 Å². The maximum absolute atomic E-state index is 12.1. The lowest BCUT2D eigenvalue weighted by Crippen LogP contribution is -2.27. The molecule has 0 aromatic heterocycles. The summed E-state index contributed by atoms with van der Waals surface area (Å²) in [5.74, 6) is 0.0885. The van der Waals surface area contributed by atoms with E-state index < -0.39 is 11.9 Å². The number of carbonyl (C=O) groups is 1. The van der Waals surface area contributed by atoms with E-state index in [4.69, 9.17) is 10.5 Å². The summed E-state index contributed by atoms with van der Waals surface area (Å²) < 4.78 is 5.04. The van der Waals surface area contributed by atoms with E-state index in [1.165, 1.54) is 19.2 Å². The second kappa shape index (κ2) is 6.08. The number of benzene rings is 2. The number of hydrogen-bond acceptors (Lipinski definition) is 4. The van der Waals surface area contributed by atoms with Crippen LogP contribution >= 0.6 is 0 Å². The van der Waals surface area contributed by atoms with E-state index in [-0.39, 0.29) is 11.4 Å². The summed E-state index contributed by atoms with van der Waals surface area (Å²) in [6, 6.07) is 12.8. The summed E-state index contributed by atoms with van der Waals surface area (Å²) in [6.45, 7) is 0. The quantitative estimate of drug-likeness (QED) is 0.744. The number of rotatable bonds is 4. The van der Waals surface area contributed by atoms with Crippen molar-refractivity contribution in [2.24, 2.45) is 5.73 Å². The van der Waals surface area contributed by atoms with Crippen molar-refractivity contribution in [3.63, 3.8) is 0 Å². The summed E-state index contributed by atoms with van der Waals surface area (Å²) in [6.07, 6.45) is 0. The molecular formula is C15H16N2O3. The third-order valence-corrected chi connectivity index (χ3v) is 2.90. The molecule has 2 aromatic carbocycles. The third-order valence-electron chi connectivity index (χ3n) is 2.90. The number of nitrogens with two attached hydrogens (primary N) is 1. The second-order valence-electron chi connectivity index (χ2n) is 4.26. The predicted octanol–water partition coefficient (Wildman–Crippen LogP) is 2.04. The van der Waals surface area contributed by atoms with Crippen molar-refractivity contribution in [3.8, 4) is 11.5 Å². The zero-order chi connectivity index (χ0) is 14.5. The minimum atomic E-state index is -0.804. The van der Waals surface area contributed by atoms with Gasteiger partial charge in [0.15, 0.2) is 0 Å². The van der Waals surface area contributed by atoms with Crippen molar-refractivity contribution in [2.75, 3.05) is 12.4 Å². The summed E-state index contributed by atoms with van der Waals surface area (Å²) in [5.41, 5.74) is 6.85. The zero-order valence-electron chi connectivity index (χ0n) is 11.0. The highest BCUT2D eigenvalue weighted by Crippen LogP contribution is 2.28. The molecule has 0 saturated carbocycles. The van der Waals surface area contributed by atoms with Crippen molar-refractivity contribution in [1.29, 1.82) is 0 Å². The Balaban J connectivity index is 2.15. The fourth-order valence-electron chi connectivity index (χ4n) is 1.76. The maximum atomic E-state index is 12.1. The molecule has 0 heterocycles. The molecule has 0 radical (unpaired) electrons. The van der Waals surface area contributed by atoms with Crippen LogP contribution in [-0.2, 0) is 4.79 Å². The molecule has 5 nitrogen and oxygen atoms in total. The average Bonchev–Trinajstić information content (AvgIpc) is 2.49. The first kappa shape index (κ1) is 13.9. The highest BCUT2D eigenvalue weighted by Gasteiger charge is 2.17. The molecule has 5 heteroatoms. The van der Waals surface area contributed by atoms with Crippen LogP contribution < -0.4 is 15.8 Å². The number of hydrogen-bond donors (Lipinski definition) is 3. The van der Waals surface area contributed by atoms with Crippen LogP contribution in [0.2, 0.25) is 0 Å². The van der Waals surface area contributed by atoms with Crippen LogP contribution in [0.4, 0.5) is 5.69 Å². The highest BCUT2D eigenvalue weighted by atomic mass is 16.5. The SMILES string of the molecule is COc1ccc(O)c(NC(=O)[C@@H](N)c2ccccc2)c1. The minimum Gasteiger partial charge on any atom is -0.506 e. The van der Waals surface area contributed by atoms with E-state index in [9.17, 15) is 9.90 Å². The van der Waals surface area contributed by atoms with Crippen LogP contribution in [0.1, 0.15) is 11.6 Å². The number of carbonyl (C=O) groups excluding carboxylic acids is 1. The smallest absolute Gasteiger partial charge is 0.245 e. The van der Waals surface area contributed by atoms with Crippen molar-refractivity contribution in [2.45, 2.75) is 6.04 Å². The van der Waals surface area contributed by atoms with Crippen molar-refractivity contribution in [3.05, 3.63) is 54.1 Å². The topological polar surface area (TPSA) is 84.6 Å². The Morgan fingerprint density at radius 2 is 1.95 bits per heavy atom. The normalized spacial score (nSPS) is 11.7. The molecule has 1 atom stereocenters. The number of ether oxygens (including phenoxy) is 1. The van der Waals surface area contributed by atoms with Crippen LogP contribution in [-0.4, -0.2) is 18.1 Å². The molecular weight excluding hydrogens is 256 g/mol. The number of aromatic hydroxyl groups is 1. The van der Waals surface area contributed by atoms with Crippen molar-refractivity contribution < 1.29 is 14.6 Å². The number of phenolic OH excluding ortho intramolecular Hbond substituents is 1. The van der Waals surface area contributed by atoms with Crippen LogP contribution in [0, 0.1) is 0 Å². The van der Waals surface area contributed by atoms with Gasteiger partial charge in [0, 0.05) is 6.07 Å².